The Balaban J connectivity index is 1.62. The van der Waals surface area contributed by atoms with Gasteiger partial charge in [-0.1, -0.05) is 85.0 Å². The molecule has 1 aromatic carbocycles. The van der Waals surface area contributed by atoms with E-state index in [9.17, 15) is 4.39 Å². The second-order valence-electron chi connectivity index (χ2n) is 9.85. The minimum atomic E-state index is -0.790. The maximum absolute atomic E-state index is 14.0. The van der Waals surface area contributed by atoms with E-state index in [-0.39, 0.29) is 0 Å². The molecular formula is C30H47FN2O. The maximum atomic E-state index is 14.0. The molecule has 0 fully saturated rings. The smallest absolute Gasteiger partial charge is 0.159 e. The van der Waals surface area contributed by atoms with E-state index in [1.165, 1.54) is 69.8 Å². The summed E-state index contributed by atoms with van der Waals surface area (Å²) in [7, 11) is 0. The number of nitrogens with zero attached hydrogens (tertiary/aromatic N) is 2. The summed E-state index contributed by atoms with van der Waals surface area (Å²) in [5, 5.41) is 0. The molecule has 0 amide bonds. The molecule has 190 valence electrons. The van der Waals surface area contributed by atoms with Crippen molar-refractivity contribution < 1.29 is 9.13 Å². The summed E-state index contributed by atoms with van der Waals surface area (Å²) < 4.78 is 19.7. The summed E-state index contributed by atoms with van der Waals surface area (Å²) >= 11 is 0. The number of aryl methyl sites for hydroxylation is 1. The molecule has 2 unspecified atom stereocenters. The zero-order chi connectivity index (χ0) is 24.4. The van der Waals surface area contributed by atoms with E-state index < -0.39 is 6.17 Å². The summed E-state index contributed by atoms with van der Waals surface area (Å²) in [6.07, 6.45) is 19.8. The van der Waals surface area contributed by atoms with Crippen LogP contribution in [0, 0.1) is 5.92 Å². The molecular weight excluding hydrogens is 423 g/mol. The molecule has 1 aromatic heterocycles. The summed E-state index contributed by atoms with van der Waals surface area (Å²) in [4.78, 5) is 9.12. The van der Waals surface area contributed by atoms with Crippen LogP contribution in [0.4, 0.5) is 4.39 Å². The first-order chi connectivity index (χ1) is 16.6. The van der Waals surface area contributed by atoms with Gasteiger partial charge in [0.2, 0.25) is 0 Å². The van der Waals surface area contributed by atoms with E-state index in [2.05, 4.69) is 30.7 Å². The standard InChI is InChI=1S/C30H47FN2O/c1-4-6-7-8-9-10-11-12-13-14-15-26-23-32-30(33-24-26)27-16-18-29(19-17-27)34-21-20-28(31)22-25(3)5-2/h16-19,23-25,28H,4-15,20-22H2,1-3H3. The average molecular weight is 471 g/mol. The van der Waals surface area contributed by atoms with Gasteiger partial charge in [-0.15, -0.1) is 0 Å². The van der Waals surface area contributed by atoms with E-state index in [1.54, 1.807) is 0 Å². The van der Waals surface area contributed by atoms with Crippen molar-refractivity contribution in [3.63, 3.8) is 0 Å². The van der Waals surface area contributed by atoms with Gasteiger partial charge in [0.15, 0.2) is 5.82 Å². The first-order valence-electron chi connectivity index (χ1n) is 13.8. The Kier molecular flexibility index (Phi) is 14.5. The fourth-order valence-corrected chi connectivity index (χ4v) is 4.18. The molecule has 2 rings (SSSR count). The number of benzene rings is 1. The van der Waals surface area contributed by atoms with Gasteiger partial charge in [0.25, 0.3) is 0 Å². The third kappa shape index (κ3) is 11.9. The Morgan fingerprint density at radius 1 is 0.824 bits per heavy atom. The van der Waals surface area contributed by atoms with Crippen molar-refractivity contribution >= 4 is 0 Å². The zero-order valence-electron chi connectivity index (χ0n) is 21.9. The lowest BCUT2D eigenvalue weighted by Crippen LogP contribution is -2.11. The number of rotatable bonds is 19. The molecule has 1 heterocycles. The van der Waals surface area contributed by atoms with E-state index >= 15 is 0 Å². The number of hydrogen-bond acceptors (Lipinski definition) is 3. The van der Waals surface area contributed by atoms with Crippen LogP contribution in [-0.2, 0) is 6.42 Å². The fourth-order valence-electron chi connectivity index (χ4n) is 4.18. The van der Waals surface area contributed by atoms with Crippen LogP contribution in [0.3, 0.4) is 0 Å². The van der Waals surface area contributed by atoms with Crippen LogP contribution in [0.15, 0.2) is 36.7 Å². The lowest BCUT2D eigenvalue weighted by molar-refractivity contribution is 0.207. The quantitative estimate of drug-likeness (QED) is 0.192. The zero-order valence-corrected chi connectivity index (χ0v) is 21.9. The lowest BCUT2D eigenvalue weighted by Gasteiger charge is -2.13. The Morgan fingerprint density at radius 2 is 1.41 bits per heavy atom. The highest BCUT2D eigenvalue weighted by molar-refractivity contribution is 5.55. The van der Waals surface area contributed by atoms with Crippen molar-refractivity contribution in [2.45, 2.75) is 117 Å². The summed E-state index contributed by atoms with van der Waals surface area (Å²) in [6, 6.07) is 7.77. The van der Waals surface area contributed by atoms with Gasteiger partial charge in [0.05, 0.1) is 6.61 Å². The number of halogens is 1. The van der Waals surface area contributed by atoms with Gasteiger partial charge in [-0.25, -0.2) is 14.4 Å². The predicted molar refractivity (Wildman–Crippen MR) is 142 cm³/mol. The summed E-state index contributed by atoms with van der Waals surface area (Å²) in [5.41, 5.74) is 2.18. The van der Waals surface area contributed by atoms with Crippen molar-refractivity contribution in [2.75, 3.05) is 6.61 Å². The van der Waals surface area contributed by atoms with Crippen molar-refractivity contribution in [3.05, 3.63) is 42.2 Å². The minimum Gasteiger partial charge on any atom is -0.493 e. The molecule has 0 spiro atoms. The fraction of sp³-hybridized carbons (Fsp3) is 0.667. The van der Waals surface area contributed by atoms with Crippen LogP contribution >= 0.6 is 0 Å². The van der Waals surface area contributed by atoms with E-state index in [4.69, 9.17) is 4.74 Å². The van der Waals surface area contributed by atoms with Crippen molar-refractivity contribution in [1.82, 2.24) is 9.97 Å². The van der Waals surface area contributed by atoms with Crippen molar-refractivity contribution in [1.29, 1.82) is 0 Å². The lowest BCUT2D eigenvalue weighted by atomic mass is 10.0. The van der Waals surface area contributed by atoms with Gasteiger partial charge in [0, 0.05) is 24.4 Å². The molecule has 0 aliphatic heterocycles. The molecule has 0 saturated carbocycles. The Bertz CT molecular complexity index is 747. The monoisotopic (exact) mass is 470 g/mol. The van der Waals surface area contributed by atoms with E-state index in [0.717, 1.165) is 30.0 Å². The number of hydrogen-bond donors (Lipinski definition) is 0. The molecule has 4 heteroatoms. The molecule has 0 saturated heterocycles. The highest BCUT2D eigenvalue weighted by atomic mass is 19.1. The van der Waals surface area contributed by atoms with Gasteiger partial charge < -0.3 is 4.74 Å². The molecule has 2 atom stereocenters. The highest BCUT2D eigenvalue weighted by Crippen LogP contribution is 2.21. The summed E-state index contributed by atoms with van der Waals surface area (Å²) in [6.45, 7) is 6.87. The first kappa shape index (κ1) is 28.3. The molecule has 0 N–H and O–H groups in total. The number of ether oxygens (including phenoxy) is 1. The first-order valence-corrected chi connectivity index (χ1v) is 13.8. The average Bonchev–Trinajstić information content (AvgIpc) is 2.86. The highest BCUT2D eigenvalue weighted by Gasteiger charge is 2.11. The van der Waals surface area contributed by atoms with E-state index in [1.807, 2.05) is 36.7 Å². The molecule has 0 bridgehead atoms. The molecule has 0 aliphatic carbocycles. The van der Waals surface area contributed by atoms with Crippen molar-refractivity contribution in [2.24, 2.45) is 5.92 Å². The third-order valence-electron chi connectivity index (χ3n) is 6.69. The van der Waals surface area contributed by atoms with Crippen molar-refractivity contribution in [3.8, 4) is 17.1 Å². The predicted octanol–water partition coefficient (Wildman–Crippen LogP) is 9.15. The van der Waals surface area contributed by atoms with Crippen LogP contribution in [0.5, 0.6) is 5.75 Å². The summed E-state index contributed by atoms with van der Waals surface area (Å²) in [5.74, 6) is 1.92. The molecule has 0 radical (unpaired) electrons. The van der Waals surface area contributed by atoms with Gasteiger partial charge in [-0.3, -0.25) is 0 Å². The van der Waals surface area contributed by atoms with Gasteiger partial charge in [-0.05, 0) is 55.0 Å². The normalized spacial score (nSPS) is 13.1. The maximum Gasteiger partial charge on any atom is 0.159 e. The second-order valence-corrected chi connectivity index (χ2v) is 9.85. The molecule has 0 aliphatic rings. The molecule has 2 aromatic rings. The topological polar surface area (TPSA) is 35.0 Å². The van der Waals surface area contributed by atoms with Gasteiger partial charge in [-0.2, -0.15) is 0 Å². The van der Waals surface area contributed by atoms with Crippen LogP contribution in [0.25, 0.3) is 11.4 Å². The van der Waals surface area contributed by atoms with Crippen LogP contribution in [0.2, 0.25) is 0 Å². The van der Waals surface area contributed by atoms with E-state index in [0.29, 0.717) is 25.4 Å². The number of aromatic nitrogens is 2. The van der Waals surface area contributed by atoms with Crippen LogP contribution < -0.4 is 4.74 Å². The van der Waals surface area contributed by atoms with Crippen LogP contribution in [0.1, 0.15) is 110 Å². The Hall–Kier alpha value is -1.97. The second kappa shape index (κ2) is 17.5. The third-order valence-corrected chi connectivity index (χ3v) is 6.69. The number of unbranched alkanes of at least 4 members (excludes halogenated alkanes) is 9. The van der Waals surface area contributed by atoms with Gasteiger partial charge >= 0.3 is 0 Å². The Morgan fingerprint density at radius 3 is 2.00 bits per heavy atom. The minimum absolute atomic E-state index is 0.404. The largest absolute Gasteiger partial charge is 0.493 e. The molecule has 34 heavy (non-hydrogen) atoms. The van der Waals surface area contributed by atoms with Gasteiger partial charge in [0.1, 0.15) is 11.9 Å². The number of alkyl halides is 1. The Labute approximate surface area is 208 Å². The molecule has 3 nitrogen and oxygen atoms in total. The van der Waals surface area contributed by atoms with Crippen LogP contribution in [-0.4, -0.2) is 22.7 Å². The SMILES string of the molecule is CCCCCCCCCCCCc1cnc(-c2ccc(OCCC(F)CC(C)CC)cc2)nc1.